The molecule has 0 unspecified atom stereocenters. The fourth-order valence-corrected chi connectivity index (χ4v) is 3.68. The Kier molecular flexibility index (Phi) is 8.42. The SMILES string of the molecule is CCCCCCc1cc(F)c(C#Cc2ccc(-c3ccc(CCC)cc3)cc2)c(F)c1. The van der Waals surface area contributed by atoms with Gasteiger partial charge in [-0.2, -0.15) is 0 Å². The molecule has 3 aromatic rings. The highest BCUT2D eigenvalue weighted by Gasteiger charge is 2.09. The van der Waals surface area contributed by atoms with E-state index in [4.69, 9.17) is 0 Å². The van der Waals surface area contributed by atoms with Gasteiger partial charge in [-0.25, -0.2) is 8.78 Å². The van der Waals surface area contributed by atoms with Gasteiger partial charge in [0.05, 0.1) is 5.56 Å². The van der Waals surface area contributed by atoms with Gasteiger partial charge in [-0.3, -0.25) is 0 Å². The van der Waals surface area contributed by atoms with E-state index < -0.39 is 11.6 Å². The van der Waals surface area contributed by atoms with Crippen molar-refractivity contribution < 1.29 is 8.78 Å². The molecule has 0 amide bonds. The van der Waals surface area contributed by atoms with E-state index in [1.54, 1.807) is 0 Å². The van der Waals surface area contributed by atoms with Crippen LogP contribution in [0.5, 0.6) is 0 Å². The first-order chi connectivity index (χ1) is 15.1. The molecule has 0 bridgehead atoms. The first-order valence-corrected chi connectivity index (χ1v) is 11.3. The summed E-state index contributed by atoms with van der Waals surface area (Å²) in [6.45, 7) is 4.32. The molecule has 0 nitrogen and oxygen atoms in total. The average molecular weight is 417 g/mol. The van der Waals surface area contributed by atoms with Crippen molar-refractivity contribution >= 4 is 0 Å². The van der Waals surface area contributed by atoms with Crippen molar-refractivity contribution in [2.24, 2.45) is 0 Å². The lowest BCUT2D eigenvalue weighted by molar-refractivity contribution is 0.571. The van der Waals surface area contributed by atoms with Crippen LogP contribution < -0.4 is 0 Å². The summed E-state index contributed by atoms with van der Waals surface area (Å²) < 4.78 is 28.8. The topological polar surface area (TPSA) is 0 Å². The summed E-state index contributed by atoms with van der Waals surface area (Å²) in [5, 5.41) is 0. The molecule has 0 aliphatic carbocycles. The predicted molar refractivity (Wildman–Crippen MR) is 126 cm³/mol. The van der Waals surface area contributed by atoms with Gasteiger partial charge >= 0.3 is 0 Å². The molecule has 160 valence electrons. The Balaban J connectivity index is 1.70. The van der Waals surface area contributed by atoms with Crippen LogP contribution in [0.4, 0.5) is 8.78 Å². The van der Waals surface area contributed by atoms with Gasteiger partial charge in [0.15, 0.2) is 0 Å². The van der Waals surface area contributed by atoms with Crippen molar-refractivity contribution in [2.45, 2.75) is 58.8 Å². The van der Waals surface area contributed by atoms with Crippen LogP contribution in [0.1, 0.15) is 68.2 Å². The highest BCUT2D eigenvalue weighted by molar-refractivity contribution is 5.64. The fraction of sp³-hybridized carbons (Fsp3) is 0.310. The van der Waals surface area contributed by atoms with Crippen molar-refractivity contribution in [3.05, 3.63) is 94.6 Å². The van der Waals surface area contributed by atoms with E-state index in [-0.39, 0.29) is 5.56 Å². The molecule has 0 N–H and O–H groups in total. The molecule has 3 rings (SSSR count). The first kappa shape index (κ1) is 22.8. The molecule has 0 aliphatic heterocycles. The maximum Gasteiger partial charge on any atom is 0.142 e. The van der Waals surface area contributed by atoms with Gasteiger partial charge in [-0.15, -0.1) is 0 Å². The van der Waals surface area contributed by atoms with Crippen LogP contribution in [0, 0.1) is 23.5 Å². The van der Waals surface area contributed by atoms with Gasteiger partial charge < -0.3 is 0 Å². The predicted octanol–water partition coefficient (Wildman–Crippen LogP) is 8.11. The summed E-state index contributed by atoms with van der Waals surface area (Å²) in [4.78, 5) is 0. The van der Waals surface area contributed by atoms with Crippen LogP contribution in [0.15, 0.2) is 60.7 Å². The van der Waals surface area contributed by atoms with Gasteiger partial charge in [-0.1, -0.05) is 87.8 Å². The molecule has 0 aliphatic rings. The minimum atomic E-state index is -0.582. The number of halogens is 2. The number of benzene rings is 3. The van der Waals surface area contributed by atoms with Crippen molar-refractivity contribution in [1.82, 2.24) is 0 Å². The fourth-order valence-electron chi connectivity index (χ4n) is 3.68. The monoisotopic (exact) mass is 416 g/mol. The first-order valence-electron chi connectivity index (χ1n) is 11.3. The Morgan fingerprint density at radius 3 is 1.81 bits per heavy atom. The van der Waals surface area contributed by atoms with E-state index >= 15 is 0 Å². The Hall–Kier alpha value is -2.92. The molecule has 31 heavy (non-hydrogen) atoms. The van der Waals surface area contributed by atoms with Crippen molar-refractivity contribution in [1.29, 1.82) is 0 Å². The van der Waals surface area contributed by atoms with Crippen LogP contribution in [-0.2, 0) is 12.8 Å². The standard InChI is InChI=1S/C29H30F2/c1-3-5-6-7-9-24-20-28(30)27(29(31)21-24)19-14-23-12-17-26(18-13-23)25-15-10-22(8-4-2)11-16-25/h10-13,15-18,20-21H,3-9H2,1-2H3. The maximum atomic E-state index is 14.4. The largest absolute Gasteiger partial charge is 0.206 e. The van der Waals surface area contributed by atoms with Gasteiger partial charge in [0.2, 0.25) is 0 Å². The third-order valence-corrected chi connectivity index (χ3v) is 5.46. The molecule has 0 fully saturated rings. The molecular weight excluding hydrogens is 386 g/mol. The Morgan fingerprint density at radius 2 is 1.23 bits per heavy atom. The van der Waals surface area contributed by atoms with Crippen LogP contribution in [0.25, 0.3) is 11.1 Å². The molecule has 0 heterocycles. The maximum absolute atomic E-state index is 14.4. The van der Waals surface area contributed by atoms with E-state index in [1.807, 2.05) is 24.3 Å². The van der Waals surface area contributed by atoms with Crippen LogP contribution in [0.2, 0.25) is 0 Å². The van der Waals surface area contributed by atoms with Crippen molar-refractivity contribution in [3.63, 3.8) is 0 Å². The summed E-state index contributed by atoms with van der Waals surface area (Å²) in [6, 6.07) is 19.2. The number of hydrogen-bond acceptors (Lipinski definition) is 0. The Labute approximate surface area is 185 Å². The lowest BCUT2D eigenvalue weighted by Crippen LogP contribution is -1.95. The molecule has 0 aromatic heterocycles. The highest BCUT2D eigenvalue weighted by atomic mass is 19.1. The third-order valence-electron chi connectivity index (χ3n) is 5.46. The lowest BCUT2D eigenvalue weighted by Gasteiger charge is -2.05. The summed E-state index contributed by atoms with van der Waals surface area (Å²) in [5.74, 6) is 4.41. The molecule has 3 aromatic carbocycles. The number of rotatable bonds is 8. The number of unbranched alkanes of at least 4 members (excludes halogenated alkanes) is 3. The molecule has 2 heteroatoms. The molecule has 0 saturated carbocycles. The zero-order valence-electron chi connectivity index (χ0n) is 18.5. The Bertz CT molecular complexity index is 1010. The van der Waals surface area contributed by atoms with E-state index in [2.05, 4.69) is 50.0 Å². The second kappa shape index (κ2) is 11.5. The molecule has 0 saturated heterocycles. The zero-order chi connectivity index (χ0) is 22.1. The molecule has 0 radical (unpaired) electrons. The summed E-state index contributed by atoms with van der Waals surface area (Å²) in [5.41, 5.74) is 4.85. The Morgan fingerprint density at radius 1 is 0.613 bits per heavy atom. The summed E-state index contributed by atoms with van der Waals surface area (Å²) in [6.07, 6.45) is 7.24. The van der Waals surface area contributed by atoms with Gasteiger partial charge in [0.1, 0.15) is 11.6 Å². The normalized spacial score (nSPS) is 10.6. The van der Waals surface area contributed by atoms with E-state index in [0.29, 0.717) is 12.0 Å². The summed E-state index contributed by atoms with van der Waals surface area (Å²) in [7, 11) is 0. The highest BCUT2D eigenvalue weighted by Crippen LogP contribution is 2.21. The average Bonchev–Trinajstić information content (AvgIpc) is 2.77. The second-order valence-corrected chi connectivity index (χ2v) is 8.02. The van der Waals surface area contributed by atoms with Gasteiger partial charge in [-0.05, 0) is 65.8 Å². The van der Waals surface area contributed by atoms with Gasteiger partial charge in [0.25, 0.3) is 0 Å². The van der Waals surface area contributed by atoms with E-state index in [0.717, 1.165) is 55.2 Å². The summed E-state index contributed by atoms with van der Waals surface area (Å²) >= 11 is 0. The second-order valence-electron chi connectivity index (χ2n) is 8.02. The van der Waals surface area contributed by atoms with E-state index in [9.17, 15) is 8.78 Å². The number of hydrogen-bond donors (Lipinski definition) is 0. The smallest absolute Gasteiger partial charge is 0.142 e. The molecule has 0 spiro atoms. The van der Waals surface area contributed by atoms with Crippen LogP contribution in [0.3, 0.4) is 0 Å². The van der Waals surface area contributed by atoms with Gasteiger partial charge in [0, 0.05) is 5.56 Å². The molecular formula is C29H30F2. The van der Waals surface area contributed by atoms with Crippen LogP contribution >= 0.6 is 0 Å². The van der Waals surface area contributed by atoms with Crippen molar-refractivity contribution in [3.8, 4) is 23.0 Å². The molecule has 0 atom stereocenters. The minimum absolute atomic E-state index is 0.159. The van der Waals surface area contributed by atoms with Crippen molar-refractivity contribution in [2.75, 3.05) is 0 Å². The number of aryl methyl sites for hydroxylation is 2. The zero-order valence-corrected chi connectivity index (χ0v) is 18.5. The quantitative estimate of drug-likeness (QED) is 0.257. The third kappa shape index (κ3) is 6.53. The van der Waals surface area contributed by atoms with E-state index in [1.165, 1.54) is 17.7 Å². The van der Waals surface area contributed by atoms with Crippen LogP contribution in [-0.4, -0.2) is 0 Å². The lowest BCUT2D eigenvalue weighted by atomic mass is 10.0. The minimum Gasteiger partial charge on any atom is -0.206 e.